The average molecular weight is 327 g/mol. The molecular formula is C18H25N5O. The van der Waals surface area contributed by atoms with Crippen LogP contribution in [0.15, 0.2) is 42.5 Å². The molecule has 0 spiro atoms. The van der Waals surface area contributed by atoms with Gasteiger partial charge >= 0.3 is 6.03 Å². The molecule has 0 aliphatic carbocycles. The van der Waals surface area contributed by atoms with E-state index < -0.39 is 0 Å². The lowest BCUT2D eigenvalue weighted by Crippen LogP contribution is -2.68. The summed E-state index contributed by atoms with van der Waals surface area (Å²) in [5, 5.41) is 14.5. The first-order valence-electron chi connectivity index (χ1n) is 8.35. The Morgan fingerprint density at radius 3 is 2.67 bits per heavy atom. The van der Waals surface area contributed by atoms with Crippen LogP contribution < -0.4 is 27.0 Å². The monoisotopic (exact) mass is 327 g/mol. The number of rotatable bonds is 3. The van der Waals surface area contributed by atoms with Gasteiger partial charge in [-0.15, -0.1) is 0 Å². The van der Waals surface area contributed by atoms with Gasteiger partial charge in [0.2, 0.25) is 0 Å². The summed E-state index contributed by atoms with van der Waals surface area (Å²) in [7, 11) is 0. The minimum absolute atomic E-state index is 0.135. The van der Waals surface area contributed by atoms with E-state index >= 15 is 0 Å². The highest BCUT2D eigenvalue weighted by Gasteiger charge is 2.28. The number of urea groups is 1. The van der Waals surface area contributed by atoms with Gasteiger partial charge in [-0.2, -0.15) is 0 Å². The number of anilines is 1. The van der Waals surface area contributed by atoms with Crippen LogP contribution >= 0.6 is 0 Å². The Morgan fingerprint density at radius 1 is 1.17 bits per heavy atom. The number of carbonyl (C=O) groups is 1. The van der Waals surface area contributed by atoms with E-state index in [0.29, 0.717) is 5.92 Å². The highest BCUT2D eigenvalue weighted by atomic mass is 16.2. The molecule has 0 radical (unpaired) electrons. The minimum Gasteiger partial charge on any atom is -0.316 e. The fourth-order valence-corrected chi connectivity index (χ4v) is 3.00. The number of hydrogen-bond donors (Lipinski definition) is 5. The summed E-state index contributed by atoms with van der Waals surface area (Å²) in [4.78, 5) is 12.3. The SMILES string of the molecule is CC(C)C1CC(N)NC(NC(=O)Nc2ccc3ccccc3c2)N1. The zero-order chi connectivity index (χ0) is 17.1. The van der Waals surface area contributed by atoms with E-state index in [1.165, 1.54) is 0 Å². The number of benzene rings is 2. The second kappa shape index (κ2) is 7.17. The van der Waals surface area contributed by atoms with E-state index in [-0.39, 0.29) is 24.5 Å². The van der Waals surface area contributed by atoms with E-state index in [0.717, 1.165) is 22.9 Å². The second-order valence-corrected chi connectivity index (χ2v) is 6.62. The summed E-state index contributed by atoms with van der Waals surface area (Å²) in [6.07, 6.45) is 0.355. The summed E-state index contributed by atoms with van der Waals surface area (Å²) in [5.74, 6) is 0.450. The van der Waals surface area contributed by atoms with E-state index in [2.05, 4.69) is 35.1 Å². The quantitative estimate of drug-likeness (QED) is 0.597. The predicted octanol–water partition coefficient (Wildman–Crippen LogP) is 2.14. The maximum absolute atomic E-state index is 12.3. The fourth-order valence-electron chi connectivity index (χ4n) is 3.00. The largest absolute Gasteiger partial charge is 0.321 e. The van der Waals surface area contributed by atoms with Gasteiger partial charge < -0.3 is 16.4 Å². The first kappa shape index (κ1) is 16.7. The third-order valence-electron chi connectivity index (χ3n) is 4.36. The van der Waals surface area contributed by atoms with Crippen molar-refractivity contribution in [3.8, 4) is 0 Å². The maximum atomic E-state index is 12.3. The van der Waals surface area contributed by atoms with Gasteiger partial charge in [0.25, 0.3) is 0 Å². The van der Waals surface area contributed by atoms with E-state index in [9.17, 15) is 4.79 Å². The molecule has 0 aromatic heterocycles. The lowest BCUT2D eigenvalue weighted by molar-refractivity contribution is 0.183. The molecule has 0 bridgehead atoms. The first-order valence-corrected chi connectivity index (χ1v) is 8.35. The Kier molecular flexibility index (Phi) is 4.99. The molecule has 0 saturated carbocycles. The number of nitrogens with one attached hydrogen (secondary N) is 4. The van der Waals surface area contributed by atoms with Crippen molar-refractivity contribution >= 4 is 22.5 Å². The highest BCUT2D eigenvalue weighted by Crippen LogP contribution is 2.18. The second-order valence-electron chi connectivity index (χ2n) is 6.62. The van der Waals surface area contributed by atoms with E-state index in [4.69, 9.17) is 5.73 Å². The van der Waals surface area contributed by atoms with Crippen LogP contribution in [0.5, 0.6) is 0 Å². The third kappa shape index (κ3) is 4.03. The summed E-state index contributed by atoms with van der Waals surface area (Å²) in [5.41, 5.74) is 6.78. The smallest absolute Gasteiger partial charge is 0.316 e. The van der Waals surface area contributed by atoms with Crippen molar-refractivity contribution < 1.29 is 4.79 Å². The maximum Gasteiger partial charge on any atom is 0.321 e. The van der Waals surface area contributed by atoms with Crippen molar-refractivity contribution in [2.75, 3.05) is 5.32 Å². The van der Waals surface area contributed by atoms with Gasteiger partial charge in [0.15, 0.2) is 0 Å². The molecule has 24 heavy (non-hydrogen) atoms. The summed E-state index contributed by atoms with van der Waals surface area (Å²) in [6.45, 7) is 4.28. The zero-order valence-corrected chi connectivity index (χ0v) is 14.0. The zero-order valence-electron chi connectivity index (χ0n) is 14.0. The van der Waals surface area contributed by atoms with Crippen LogP contribution in [0.2, 0.25) is 0 Å². The summed E-state index contributed by atoms with van der Waals surface area (Å²) >= 11 is 0. The lowest BCUT2D eigenvalue weighted by atomic mass is 9.98. The van der Waals surface area contributed by atoms with Gasteiger partial charge in [-0.25, -0.2) is 4.79 Å². The molecule has 6 nitrogen and oxygen atoms in total. The molecule has 1 fully saturated rings. The van der Waals surface area contributed by atoms with Gasteiger partial charge in [0, 0.05) is 11.7 Å². The van der Waals surface area contributed by atoms with Crippen LogP contribution in [0.1, 0.15) is 20.3 Å². The molecule has 3 unspecified atom stereocenters. The Hall–Kier alpha value is -2.15. The normalized spacial score (nSPS) is 24.1. The third-order valence-corrected chi connectivity index (χ3v) is 4.36. The van der Waals surface area contributed by atoms with E-state index in [1.807, 2.05) is 42.5 Å². The topological polar surface area (TPSA) is 91.2 Å². The van der Waals surface area contributed by atoms with Crippen LogP contribution in [-0.4, -0.2) is 24.5 Å². The molecule has 1 heterocycles. The molecule has 2 aromatic carbocycles. The molecule has 128 valence electrons. The van der Waals surface area contributed by atoms with Crippen molar-refractivity contribution in [3.05, 3.63) is 42.5 Å². The molecular weight excluding hydrogens is 302 g/mol. The van der Waals surface area contributed by atoms with Crippen molar-refractivity contribution in [1.29, 1.82) is 0 Å². The highest BCUT2D eigenvalue weighted by molar-refractivity contribution is 5.93. The molecule has 2 aromatic rings. The van der Waals surface area contributed by atoms with Crippen LogP contribution in [0.3, 0.4) is 0 Å². The predicted molar refractivity (Wildman–Crippen MR) is 97.4 cm³/mol. The number of carbonyl (C=O) groups excluding carboxylic acids is 1. The van der Waals surface area contributed by atoms with Crippen LogP contribution in [-0.2, 0) is 0 Å². The van der Waals surface area contributed by atoms with Crippen LogP contribution in [0.25, 0.3) is 10.8 Å². The van der Waals surface area contributed by atoms with Crippen molar-refractivity contribution in [3.63, 3.8) is 0 Å². The van der Waals surface area contributed by atoms with Gasteiger partial charge in [0.1, 0.15) is 6.29 Å². The molecule has 1 aliphatic heterocycles. The molecule has 1 saturated heterocycles. The first-order chi connectivity index (χ1) is 11.5. The average Bonchev–Trinajstić information content (AvgIpc) is 2.54. The number of fused-ring (bicyclic) bond motifs is 1. The summed E-state index contributed by atoms with van der Waals surface area (Å²) in [6, 6.07) is 13.9. The Morgan fingerprint density at radius 2 is 1.92 bits per heavy atom. The van der Waals surface area contributed by atoms with Crippen LogP contribution in [0.4, 0.5) is 10.5 Å². The Labute approximate surface area is 142 Å². The lowest BCUT2D eigenvalue weighted by Gasteiger charge is -2.38. The summed E-state index contributed by atoms with van der Waals surface area (Å²) < 4.78 is 0. The number of hydrogen-bond acceptors (Lipinski definition) is 4. The Bertz CT molecular complexity index is 717. The number of nitrogens with two attached hydrogens (primary N) is 1. The molecule has 2 amide bonds. The molecule has 6 N–H and O–H groups in total. The number of amides is 2. The molecule has 3 atom stereocenters. The minimum atomic E-state index is -0.346. The van der Waals surface area contributed by atoms with Gasteiger partial charge in [-0.05, 0) is 35.2 Å². The van der Waals surface area contributed by atoms with Crippen molar-refractivity contribution in [1.82, 2.24) is 16.0 Å². The molecule has 3 rings (SSSR count). The molecule has 1 aliphatic rings. The van der Waals surface area contributed by atoms with Gasteiger partial charge in [0.05, 0.1) is 6.17 Å². The standard InChI is InChI=1S/C18H25N5O/c1-11(2)15-10-16(19)22-17(21-15)23-18(24)20-14-8-7-12-5-3-4-6-13(12)9-14/h3-9,11,15-17,21-22H,10,19H2,1-2H3,(H2,20,23,24). The van der Waals surface area contributed by atoms with Crippen LogP contribution in [0, 0.1) is 5.92 Å². The van der Waals surface area contributed by atoms with Crippen molar-refractivity contribution in [2.45, 2.75) is 38.8 Å². The van der Waals surface area contributed by atoms with E-state index in [1.54, 1.807) is 0 Å². The Balaban J connectivity index is 1.61. The fraction of sp³-hybridized carbons (Fsp3) is 0.389. The molecule has 6 heteroatoms. The van der Waals surface area contributed by atoms with Gasteiger partial charge in [-0.1, -0.05) is 44.2 Å². The van der Waals surface area contributed by atoms with Crippen molar-refractivity contribution in [2.24, 2.45) is 11.7 Å². The van der Waals surface area contributed by atoms with Gasteiger partial charge in [-0.3, -0.25) is 10.6 Å².